The Morgan fingerprint density at radius 3 is 2.62 bits per heavy atom. The lowest BCUT2D eigenvalue weighted by Crippen LogP contribution is -2.23. The average molecular weight is 333 g/mol. The van der Waals surface area contributed by atoms with Crippen LogP contribution >= 0.6 is 22.6 Å². The van der Waals surface area contributed by atoms with Gasteiger partial charge in [-0.2, -0.15) is 0 Å². The van der Waals surface area contributed by atoms with Gasteiger partial charge in [-0.05, 0) is 56.2 Å². The molecule has 4 heteroatoms. The maximum absolute atomic E-state index is 5.87. The van der Waals surface area contributed by atoms with Crippen LogP contribution < -0.4 is 9.47 Å². The van der Waals surface area contributed by atoms with E-state index in [0.29, 0.717) is 6.10 Å². The highest BCUT2D eigenvalue weighted by Crippen LogP contribution is 2.37. The van der Waals surface area contributed by atoms with Gasteiger partial charge in [-0.1, -0.05) is 0 Å². The molecule has 2 rings (SSSR count). The Morgan fingerprint density at radius 1 is 1.38 bits per heavy atom. The maximum atomic E-state index is 5.87. The number of ether oxygens (including phenoxy) is 2. The molecule has 1 aromatic heterocycles. The van der Waals surface area contributed by atoms with Gasteiger partial charge in [0.2, 0.25) is 0 Å². The van der Waals surface area contributed by atoms with Crippen molar-refractivity contribution in [1.82, 2.24) is 4.98 Å². The van der Waals surface area contributed by atoms with E-state index in [1.165, 1.54) is 0 Å². The molecular formula is C12H16INO2. The monoisotopic (exact) mass is 333 g/mol. The molecule has 0 N–H and O–H groups in total. The zero-order chi connectivity index (χ0) is 11.8. The van der Waals surface area contributed by atoms with E-state index in [2.05, 4.69) is 27.6 Å². The van der Waals surface area contributed by atoms with Gasteiger partial charge in [-0.15, -0.1) is 0 Å². The van der Waals surface area contributed by atoms with Crippen molar-refractivity contribution in [3.05, 3.63) is 16.0 Å². The van der Waals surface area contributed by atoms with Crippen LogP contribution in [-0.2, 0) is 0 Å². The standard InChI is InChI=1S/C12H16INO2/c1-12(2,3)16-9-6-7-14-11(13)10(9)15-8-4-5-8/h6-8H,4-5H2,1-3H3. The van der Waals surface area contributed by atoms with E-state index in [1.54, 1.807) is 6.20 Å². The number of hydrogen-bond donors (Lipinski definition) is 0. The quantitative estimate of drug-likeness (QED) is 0.628. The van der Waals surface area contributed by atoms with Crippen molar-refractivity contribution in [3.63, 3.8) is 0 Å². The van der Waals surface area contributed by atoms with Gasteiger partial charge in [0.05, 0.1) is 6.10 Å². The summed E-state index contributed by atoms with van der Waals surface area (Å²) in [5.41, 5.74) is -0.216. The van der Waals surface area contributed by atoms with Crippen LogP contribution in [0.1, 0.15) is 33.6 Å². The molecule has 0 aromatic carbocycles. The lowest BCUT2D eigenvalue weighted by Gasteiger charge is -2.23. The van der Waals surface area contributed by atoms with E-state index in [1.807, 2.05) is 26.8 Å². The highest BCUT2D eigenvalue weighted by molar-refractivity contribution is 14.1. The fourth-order valence-electron chi connectivity index (χ4n) is 1.28. The van der Waals surface area contributed by atoms with E-state index in [0.717, 1.165) is 28.0 Å². The third-order valence-electron chi connectivity index (χ3n) is 2.05. The van der Waals surface area contributed by atoms with Gasteiger partial charge < -0.3 is 9.47 Å². The fraction of sp³-hybridized carbons (Fsp3) is 0.583. The van der Waals surface area contributed by atoms with Crippen LogP contribution in [0.15, 0.2) is 12.3 Å². The van der Waals surface area contributed by atoms with E-state index < -0.39 is 0 Å². The van der Waals surface area contributed by atoms with E-state index in [9.17, 15) is 0 Å². The first-order chi connectivity index (χ1) is 7.46. The molecule has 0 radical (unpaired) electrons. The van der Waals surface area contributed by atoms with Gasteiger partial charge in [0.1, 0.15) is 9.30 Å². The lowest BCUT2D eigenvalue weighted by atomic mass is 10.2. The van der Waals surface area contributed by atoms with Gasteiger partial charge in [-0.25, -0.2) is 4.98 Å². The summed E-state index contributed by atoms with van der Waals surface area (Å²) < 4.78 is 12.6. The Hall–Kier alpha value is -0.520. The molecule has 0 spiro atoms. The van der Waals surface area contributed by atoms with Gasteiger partial charge >= 0.3 is 0 Å². The van der Waals surface area contributed by atoms with Gasteiger partial charge in [0.25, 0.3) is 0 Å². The molecule has 0 saturated heterocycles. The van der Waals surface area contributed by atoms with Crippen molar-refractivity contribution in [1.29, 1.82) is 0 Å². The first-order valence-electron chi connectivity index (χ1n) is 5.46. The van der Waals surface area contributed by atoms with Crippen LogP contribution in [0.5, 0.6) is 11.5 Å². The molecule has 0 bridgehead atoms. The molecule has 0 aliphatic heterocycles. The molecule has 88 valence electrons. The fourth-order valence-corrected chi connectivity index (χ4v) is 1.83. The van der Waals surface area contributed by atoms with Crippen LogP contribution in [0.2, 0.25) is 0 Å². The molecule has 1 saturated carbocycles. The number of halogens is 1. The summed E-state index contributed by atoms with van der Waals surface area (Å²) in [7, 11) is 0. The molecule has 1 aliphatic carbocycles. The van der Waals surface area contributed by atoms with E-state index in [-0.39, 0.29) is 5.60 Å². The Morgan fingerprint density at radius 2 is 2.06 bits per heavy atom. The minimum Gasteiger partial charge on any atom is -0.484 e. The van der Waals surface area contributed by atoms with Crippen LogP contribution in [0.3, 0.4) is 0 Å². The second-order valence-electron chi connectivity index (χ2n) is 4.96. The summed E-state index contributed by atoms with van der Waals surface area (Å²) in [5, 5.41) is 0. The third-order valence-corrected chi connectivity index (χ3v) is 2.82. The Labute approximate surface area is 110 Å². The minimum absolute atomic E-state index is 0.216. The van der Waals surface area contributed by atoms with Crippen molar-refractivity contribution in [2.75, 3.05) is 0 Å². The lowest BCUT2D eigenvalue weighted by molar-refractivity contribution is 0.122. The molecule has 1 aromatic rings. The number of aromatic nitrogens is 1. The Balaban J connectivity index is 2.24. The summed E-state index contributed by atoms with van der Waals surface area (Å²) in [6.45, 7) is 6.09. The zero-order valence-electron chi connectivity index (χ0n) is 9.79. The molecule has 3 nitrogen and oxygen atoms in total. The SMILES string of the molecule is CC(C)(C)Oc1ccnc(I)c1OC1CC1. The first kappa shape index (κ1) is 12.0. The predicted molar refractivity (Wildman–Crippen MR) is 71.0 cm³/mol. The second-order valence-corrected chi connectivity index (χ2v) is 5.98. The van der Waals surface area contributed by atoms with Crippen molar-refractivity contribution in [3.8, 4) is 11.5 Å². The molecule has 1 aliphatic rings. The van der Waals surface area contributed by atoms with Crippen molar-refractivity contribution in [2.24, 2.45) is 0 Å². The van der Waals surface area contributed by atoms with Crippen molar-refractivity contribution in [2.45, 2.75) is 45.3 Å². The third kappa shape index (κ3) is 3.23. The number of nitrogens with zero attached hydrogens (tertiary/aromatic N) is 1. The predicted octanol–water partition coefficient (Wildman–Crippen LogP) is 3.40. The largest absolute Gasteiger partial charge is 0.484 e. The van der Waals surface area contributed by atoms with Gasteiger partial charge in [0.15, 0.2) is 11.5 Å². The molecule has 0 atom stereocenters. The Bertz CT molecular complexity index is 383. The van der Waals surface area contributed by atoms with Crippen molar-refractivity contribution >= 4 is 22.6 Å². The molecule has 1 fully saturated rings. The van der Waals surface area contributed by atoms with Crippen LogP contribution in [0.25, 0.3) is 0 Å². The molecule has 1 heterocycles. The molecule has 16 heavy (non-hydrogen) atoms. The summed E-state index contributed by atoms with van der Waals surface area (Å²) in [6.07, 6.45) is 4.39. The van der Waals surface area contributed by atoms with Crippen LogP contribution in [-0.4, -0.2) is 16.7 Å². The van der Waals surface area contributed by atoms with E-state index >= 15 is 0 Å². The Kier molecular flexibility index (Phi) is 3.28. The smallest absolute Gasteiger partial charge is 0.193 e. The summed E-state index contributed by atoms with van der Waals surface area (Å²) in [5.74, 6) is 1.58. The van der Waals surface area contributed by atoms with Crippen LogP contribution in [0.4, 0.5) is 0 Å². The highest BCUT2D eigenvalue weighted by atomic mass is 127. The number of hydrogen-bond acceptors (Lipinski definition) is 3. The zero-order valence-corrected chi connectivity index (χ0v) is 11.9. The highest BCUT2D eigenvalue weighted by Gasteiger charge is 2.27. The van der Waals surface area contributed by atoms with Crippen molar-refractivity contribution < 1.29 is 9.47 Å². The topological polar surface area (TPSA) is 31.4 Å². The molecule has 0 unspecified atom stereocenters. The van der Waals surface area contributed by atoms with Crippen LogP contribution in [0, 0.1) is 3.70 Å². The molecular weight excluding hydrogens is 317 g/mol. The summed E-state index contributed by atoms with van der Waals surface area (Å²) in [4.78, 5) is 4.23. The number of pyridine rings is 1. The second kappa shape index (κ2) is 4.39. The normalized spacial score (nSPS) is 16.0. The maximum Gasteiger partial charge on any atom is 0.193 e. The average Bonchev–Trinajstić information content (AvgIpc) is 2.92. The number of rotatable bonds is 3. The first-order valence-corrected chi connectivity index (χ1v) is 6.54. The summed E-state index contributed by atoms with van der Waals surface area (Å²) >= 11 is 2.18. The van der Waals surface area contributed by atoms with E-state index in [4.69, 9.17) is 9.47 Å². The van der Waals surface area contributed by atoms with Gasteiger partial charge in [-0.3, -0.25) is 0 Å². The summed E-state index contributed by atoms with van der Waals surface area (Å²) in [6, 6.07) is 1.87. The molecule has 0 amide bonds. The minimum atomic E-state index is -0.216. The van der Waals surface area contributed by atoms with Gasteiger partial charge in [0, 0.05) is 12.3 Å².